The van der Waals surface area contributed by atoms with Gasteiger partial charge in [0.25, 0.3) is 0 Å². The summed E-state index contributed by atoms with van der Waals surface area (Å²) < 4.78 is 13.1. The van der Waals surface area contributed by atoms with Crippen LogP contribution in [0.1, 0.15) is 31.5 Å². The summed E-state index contributed by atoms with van der Waals surface area (Å²) in [5, 5.41) is 3.33. The van der Waals surface area contributed by atoms with Crippen molar-refractivity contribution in [3.63, 3.8) is 0 Å². The third-order valence-electron chi connectivity index (χ3n) is 4.35. The van der Waals surface area contributed by atoms with Gasteiger partial charge in [0.1, 0.15) is 12.0 Å². The Hall–Kier alpha value is -1.07. The van der Waals surface area contributed by atoms with Crippen molar-refractivity contribution < 1.29 is 9.18 Å². The van der Waals surface area contributed by atoms with Crippen molar-refractivity contribution in [2.24, 2.45) is 5.92 Å². The van der Waals surface area contributed by atoms with Crippen LogP contribution >= 0.6 is 11.8 Å². The molecule has 2 heterocycles. The number of rotatable bonds is 3. The Morgan fingerprint density at radius 2 is 1.95 bits per heavy atom. The third-order valence-corrected chi connectivity index (χ3v) is 5.40. The number of hydrogen-bond acceptors (Lipinski definition) is 3. The monoisotopic (exact) mass is 308 g/mol. The van der Waals surface area contributed by atoms with E-state index in [4.69, 9.17) is 0 Å². The number of carbonyl (C=O) groups excluding carboxylic acids is 1. The van der Waals surface area contributed by atoms with Gasteiger partial charge in [0, 0.05) is 6.54 Å². The first-order valence-corrected chi connectivity index (χ1v) is 8.70. The van der Waals surface area contributed by atoms with Gasteiger partial charge in [-0.1, -0.05) is 12.1 Å². The Kier molecular flexibility index (Phi) is 4.50. The van der Waals surface area contributed by atoms with Crippen LogP contribution in [0.4, 0.5) is 4.39 Å². The van der Waals surface area contributed by atoms with E-state index in [1.165, 1.54) is 36.5 Å². The molecule has 0 saturated carbocycles. The van der Waals surface area contributed by atoms with Crippen molar-refractivity contribution in [2.75, 3.05) is 18.1 Å². The Morgan fingerprint density at radius 1 is 1.29 bits per heavy atom. The van der Waals surface area contributed by atoms with E-state index in [0.29, 0.717) is 5.92 Å². The molecule has 0 aliphatic carbocycles. The molecule has 2 saturated heterocycles. The highest BCUT2D eigenvalue weighted by atomic mass is 32.2. The van der Waals surface area contributed by atoms with E-state index in [1.54, 1.807) is 12.1 Å². The highest BCUT2D eigenvalue weighted by molar-refractivity contribution is 7.99. The van der Waals surface area contributed by atoms with Crippen LogP contribution < -0.4 is 5.32 Å². The number of benzene rings is 1. The largest absolute Gasteiger partial charge is 0.321 e. The van der Waals surface area contributed by atoms with Crippen molar-refractivity contribution in [2.45, 2.75) is 32.0 Å². The normalized spacial score (nSPS) is 27.3. The zero-order valence-electron chi connectivity index (χ0n) is 12.2. The molecule has 0 radical (unpaired) electrons. The molecule has 1 aromatic carbocycles. The van der Waals surface area contributed by atoms with E-state index in [1.807, 2.05) is 23.6 Å². The van der Waals surface area contributed by atoms with E-state index in [-0.39, 0.29) is 23.9 Å². The molecule has 114 valence electrons. The van der Waals surface area contributed by atoms with Crippen molar-refractivity contribution in [1.82, 2.24) is 10.2 Å². The summed E-state index contributed by atoms with van der Waals surface area (Å²) >= 11 is 2.00. The van der Waals surface area contributed by atoms with Gasteiger partial charge in [-0.3, -0.25) is 10.1 Å². The summed E-state index contributed by atoms with van der Waals surface area (Å²) in [5.74, 6) is 2.88. The SMILES string of the molecule is CC1NC(c2ccc(F)cc2)N(CC2CCSCC2)C1=O. The zero-order valence-corrected chi connectivity index (χ0v) is 13.0. The van der Waals surface area contributed by atoms with E-state index in [2.05, 4.69) is 5.32 Å². The maximum Gasteiger partial charge on any atom is 0.241 e. The zero-order chi connectivity index (χ0) is 14.8. The first-order chi connectivity index (χ1) is 10.1. The highest BCUT2D eigenvalue weighted by Crippen LogP contribution is 2.30. The van der Waals surface area contributed by atoms with Crippen LogP contribution in [0.5, 0.6) is 0 Å². The summed E-state index contributed by atoms with van der Waals surface area (Å²) in [7, 11) is 0. The van der Waals surface area contributed by atoms with Crippen LogP contribution in [0.15, 0.2) is 24.3 Å². The molecule has 1 N–H and O–H groups in total. The lowest BCUT2D eigenvalue weighted by Gasteiger charge is -2.30. The number of amides is 1. The topological polar surface area (TPSA) is 32.3 Å². The summed E-state index contributed by atoms with van der Waals surface area (Å²) in [6.07, 6.45) is 2.24. The van der Waals surface area contributed by atoms with Crippen molar-refractivity contribution >= 4 is 17.7 Å². The van der Waals surface area contributed by atoms with Crippen LogP contribution in [0.25, 0.3) is 0 Å². The molecule has 2 unspecified atom stereocenters. The molecule has 0 bridgehead atoms. The molecule has 3 nitrogen and oxygen atoms in total. The van der Waals surface area contributed by atoms with Crippen LogP contribution in [0.2, 0.25) is 0 Å². The Labute approximate surface area is 129 Å². The van der Waals surface area contributed by atoms with Crippen molar-refractivity contribution in [3.05, 3.63) is 35.6 Å². The molecule has 2 fully saturated rings. The molecule has 1 amide bonds. The van der Waals surface area contributed by atoms with Crippen LogP contribution in [0.3, 0.4) is 0 Å². The summed E-state index contributed by atoms with van der Waals surface area (Å²) in [4.78, 5) is 14.4. The fraction of sp³-hybridized carbons (Fsp3) is 0.562. The molecular weight excluding hydrogens is 287 g/mol. The third kappa shape index (κ3) is 3.24. The minimum atomic E-state index is -0.244. The fourth-order valence-corrected chi connectivity index (χ4v) is 4.30. The average molecular weight is 308 g/mol. The van der Waals surface area contributed by atoms with Crippen LogP contribution in [0, 0.1) is 11.7 Å². The molecule has 2 aliphatic rings. The molecule has 21 heavy (non-hydrogen) atoms. The average Bonchev–Trinajstić information content (AvgIpc) is 2.78. The first kappa shape index (κ1) is 14.9. The second kappa shape index (κ2) is 6.36. The van der Waals surface area contributed by atoms with Gasteiger partial charge in [-0.05, 0) is 54.9 Å². The second-order valence-corrected chi connectivity index (χ2v) is 7.11. The standard InChI is InChI=1S/C16H21FN2OS/c1-11-16(20)19(10-12-6-8-21-9-7-12)15(18-11)13-2-4-14(17)5-3-13/h2-5,11-12,15,18H,6-10H2,1H3. The molecule has 0 spiro atoms. The maximum absolute atomic E-state index is 13.1. The van der Waals surface area contributed by atoms with Gasteiger partial charge >= 0.3 is 0 Å². The Morgan fingerprint density at radius 3 is 2.62 bits per heavy atom. The molecular formula is C16H21FN2OS. The van der Waals surface area contributed by atoms with E-state index >= 15 is 0 Å². The van der Waals surface area contributed by atoms with Gasteiger partial charge in [-0.25, -0.2) is 4.39 Å². The number of carbonyl (C=O) groups is 1. The molecule has 5 heteroatoms. The van der Waals surface area contributed by atoms with Crippen LogP contribution in [-0.2, 0) is 4.79 Å². The van der Waals surface area contributed by atoms with Gasteiger partial charge in [0.15, 0.2) is 0 Å². The minimum absolute atomic E-state index is 0.123. The molecule has 2 atom stereocenters. The quantitative estimate of drug-likeness (QED) is 0.932. The van der Waals surface area contributed by atoms with E-state index in [9.17, 15) is 9.18 Å². The number of hydrogen-bond donors (Lipinski definition) is 1. The molecule has 2 aliphatic heterocycles. The highest BCUT2D eigenvalue weighted by Gasteiger charge is 2.38. The van der Waals surface area contributed by atoms with Gasteiger partial charge in [0.2, 0.25) is 5.91 Å². The second-order valence-electron chi connectivity index (χ2n) is 5.89. The predicted molar refractivity (Wildman–Crippen MR) is 83.5 cm³/mol. The van der Waals surface area contributed by atoms with E-state index < -0.39 is 0 Å². The summed E-state index contributed by atoms with van der Waals surface area (Å²) in [6, 6.07) is 6.28. The number of nitrogens with one attached hydrogen (secondary N) is 1. The van der Waals surface area contributed by atoms with Gasteiger partial charge < -0.3 is 4.90 Å². The summed E-state index contributed by atoms with van der Waals surface area (Å²) in [5.41, 5.74) is 0.958. The number of thioether (sulfide) groups is 1. The lowest BCUT2D eigenvalue weighted by Crippen LogP contribution is -2.36. The molecule has 3 rings (SSSR count). The molecule has 1 aromatic rings. The van der Waals surface area contributed by atoms with Gasteiger partial charge in [-0.15, -0.1) is 0 Å². The Bertz CT molecular complexity index is 502. The number of halogens is 1. The van der Waals surface area contributed by atoms with Gasteiger partial charge in [0.05, 0.1) is 6.04 Å². The number of nitrogens with zero attached hydrogens (tertiary/aromatic N) is 1. The summed E-state index contributed by atoms with van der Waals surface area (Å²) in [6.45, 7) is 2.70. The molecule has 0 aromatic heterocycles. The van der Waals surface area contributed by atoms with Crippen LogP contribution in [-0.4, -0.2) is 34.9 Å². The van der Waals surface area contributed by atoms with E-state index in [0.717, 1.165) is 12.1 Å². The lowest BCUT2D eigenvalue weighted by atomic mass is 10.0. The van der Waals surface area contributed by atoms with Gasteiger partial charge in [-0.2, -0.15) is 11.8 Å². The predicted octanol–water partition coefficient (Wildman–Crippen LogP) is 2.79. The first-order valence-electron chi connectivity index (χ1n) is 7.55. The maximum atomic E-state index is 13.1. The van der Waals surface area contributed by atoms with Crippen molar-refractivity contribution in [3.8, 4) is 0 Å². The Balaban J connectivity index is 1.77. The smallest absolute Gasteiger partial charge is 0.241 e. The van der Waals surface area contributed by atoms with Crippen molar-refractivity contribution in [1.29, 1.82) is 0 Å². The minimum Gasteiger partial charge on any atom is -0.321 e. The fourth-order valence-electron chi connectivity index (χ4n) is 3.10. The lowest BCUT2D eigenvalue weighted by molar-refractivity contribution is -0.130.